The molecular formula is C22H25N3O4S2. The van der Waals surface area contributed by atoms with Gasteiger partial charge in [-0.05, 0) is 67.8 Å². The number of nitrogens with zero attached hydrogens (tertiary/aromatic N) is 3. The van der Waals surface area contributed by atoms with E-state index in [0.29, 0.717) is 10.9 Å². The molecule has 1 aliphatic heterocycles. The molecule has 1 aromatic heterocycles. The van der Waals surface area contributed by atoms with Crippen molar-refractivity contribution in [3.05, 3.63) is 65.4 Å². The standard InChI is InChI=1S/C22H25N3O4S2/c1-16-6-8-19(15-18(16)3)30(26,27)24-11-13-25(14-12-24)31(28,29)21-9-7-17(2)22-20(21)5-4-10-23-22/h4-10,15H,11-14H2,1-3H3. The molecule has 3 aromatic rings. The van der Waals surface area contributed by atoms with E-state index in [1.165, 1.54) is 8.61 Å². The Morgan fingerprint density at radius 2 is 1.35 bits per heavy atom. The lowest BCUT2D eigenvalue weighted by Gasteiger charge is -2.33. The topological polar surface area (TPSA) is 87.7 Å². The first-order chi connectivity index (χ1) is 14.6. The molecule has 1 saturated heterocycles. The molecule has 0 aliphatic carbocycles. The molecule has 0 bridgehead atoms. The van der Waals surface area contributed by atoms with Crippen molar-refractivity contribution in [2.75, 3.05) is 26.2 Å². The number of fused-ring (bicyclic) bond motifs is 1. The van der Waals surface area contributed by atoms with E-state index in [-0.39, 0.29) is 36.0 Å². The SMILES string of the molecule is Cc1ccc(S(=O)(=O)N2CCN(S(=O)(=O)c3ccc(C)c4ncccc34)CC2)cc1C. The lowest BCUT2D eigenvalue weighted by molar-refractivity contribution is 0.273. The lowest BCUT2D eigenvalue weighted by atomic mass is 10.1. The Morgan fingerprint density at radius 3 is 2.00 bits per heavy atom. The van der Waals surface area contributed by atoms with Gasteiger partial charge < -0.3 is 0 Å². The summed E-state index contributed by atoms with van der Waals surface area (Å²) < 4.78 is 55.5. The summed E-state index contributed by atoms with van der Waals surface area (Å²) in [6, 6.07) is 11.9. The average Bonchev–Trinajstić information content (AvgIpc) is 2.76. The third-order valence-corrected chi connectivity index (χ3v) is 9.71. The van der Waals surface area contributed by atoms with Crippen LogP contribution in [0.4, 0.5) is 0 Å². The second-order valence-electron chi connectivity index (χ2n) is 7.83. The van der Waals surface area contributed by atoms with E-state index in [4.69, 9.17) is 0 Å². The van der Waals surface area contributed by atoms with Crippen LogP contribution >= 0.6 is 0 Å². The van der Waals surface area contributed by atoms with Gasteiger partial charge in [0, 0.05) is 37.8 Å². The second-order valence-corrected chi connectivity index (χ2v) is 11.7. The smallest absolute Gasteiger partial charge is 0.243 e. The first-order valence-corrected chi connectivity index (χ1v) is 12.9. The van der Waals surface area contributed by atoms with Crippen molar-refractivity contribution >= 4 is 30.9 Å². The lowest BCUT2D eigenvalue weighted by Crippen LogP contribution is -2.50. The van der Waals surface area contributed by atoms with Gasteiger partial charge in [-0.3, -0.25) is 4.98 Å². The Morgan fingerprint density at radius 1 is 0.742 bits per heavy atom. The quantitative estimate of drug-likeness (QED) is 0.599. The molecule has 0 amide bonds. The van der Waals surface area contributed by atoms with Crippen LogP contribution in [-0.4, -0.2) is 56.6 Å². The van der Waals surface area contributed by atoms with Gasteiger partial charge in [-0.25, -0.2) is 16.8 Å². The Labute approximate surface area is 183 Å². The molecule has 0 saturated carbocycles. The van der Waals surface area contributed by atoms with Gasteiger partial charge in [0.1, 0.15) is 0 Å². The van der Waals surface area contributed by atoms with Crippen molar-refractivity contribution in [2.45, 2.75) is 30.6 Å². The zero-order chi connectivity index (χ0) is 22.4. The monoisotopic (exact) mass is 459 g/mol. The Hall–Kier alpha value is -2.33. The third kappa shape index (κ3) is 3.87. The van der Waals surface area contributed by atoms with Crippen LogP contribution in [0.2, 0.25) is 0 Å². The molecule has 164 valence electrons. The summed E-state index contributed by atoms with van der Waals surface area (Å²) in [6.45, 7) is 6.11. The molecule has 4 rings (SSSR count). The van der Waals surface area contributed by atoms with Crippen LogP contribution in [0.3, 0.4) is 0 Å². The van der Waals surface area contributed by atoms with E-state index < -0.39 is 20.0 Å². The van der Waals surface area contributed by atoms with Crippen LogP contribution in [0.25, 0.3) is 10.9 Å². The molecule has 1 fully saturated rings. The number of piperazine rings is 1. The number of benzene rings is 2. The Kier molecular flexibility index (Phi) is 5.63. The number of hydrogen-bond donors (Lipinski definition) is 0. The van der Waals surface area contributed by atoms with E-state index in [2.05, 4.69) is 4.98 Å². The number of aryl methyl sites for hydroxylation is 3. The van der Waals surface area contributed by atoms with Crippen molar-refractivity contribution in [1.29, 1.82) is 0 Å². The summed E-state index contributed by atoms with van der Waals surface area (Å²) in [5, 5.41) is 0.577. The van der Waals surface area contributed by atoms with Crippen LogP contribution < -0.4 is 0 Å². The van der Waals surface area contributed by atoms with Gasteiger partial charge in [0.25, 0.3) is 0 Å². The summed E-state index contributed by atoms with van der Waals surface area (Å²) >= 11 is 0. The highest BCUT2D eigenvalue weighted by Gasteiger charge is 2.34. The number of sulfonamides is 2. The maximum Gasteiger partial charge on any atom is 0.243 e. The molecule has 0 N–H and O–H groups in total. The van der Waals surface area contributed by atoms with E-state index >= 15 is 0 Å². The van der Waals surface area contributed by atoms with E-state index in [1.807, 2.05) is 20.8 Å². The second kappa shape index (κ2) is 7.98. The van der Waals surface area contributed by atoms with Gasteiger partial charge in [-0.1, -0.05) is 12.1 Å². The molecule has 31 heavy (non-hydrogen) atoms. The first kappa shape index (κ1) is 21.9. The van der Waals surface area contributed by atoms with Crippen molar-refractivity contribution in [3.8, 4) is 0 Å². The molecule has 0 atom stereocenters. The van der Waals surface area contributed by atoms with Crippen LogP contribution in [0, 0.1) is 20.8 Å². The van der Waals surface area contributed by atoms with Gasteiger partial charge in [0.15, 0.2) is 0 Å². The molecular weight excluding hydrogens is 434 g/mol. The highest BCUT2D eigenvalue weighted by atomic mass is 32.2. The first-order valence-electron chi connectivity index (χ1n) is 10.0. The van der Waals surface area contributed by atoms with Crippen molar-refractivity contribution in [2.24, 2.45) is 0 Å². The summed E-state index contributed by atoms with van der Waals surface area (Å²) in [5.74, 6) is 0. The highest BCUT2D eigenvalue weighted by molar-refractivity contribution is 7.89. The number of hydrogen-bond acceptors (Lipinski definition) is 5. The van der Waals surface area contributed by atoms with Gasteiger partial charge in [-0.15, -0.1) is 0 Å². The van der Waals surface area contributed by atoms with Crippen LogP contribution in [0.5, 0.6) is 0 Å². The molecule has 0 radical (unpaired) electrons. The van der Waals surface area contributed by atoms with Crippen molar-refractivity contribution in [3.63, 3.8) is 0 Å². The fraction of sp³-hybridized carbons (Fsp3) is 0.318. The van der Waals surface area contributed by atoms with E-state index in [9.17, 15) is 16.8 Å². The maximum absolute atomic E-state index is 13.4. The van der Waals surface area contributed by atoms with Crippen LogP contribution in [0.15, 0.2) is 58.5 Å². The zero-order valence-corrected chi connectivity index (χ0v) is 19.4. The van der Waals surface area contributed by atoms with E-state index in [0.717, 1.165) is 16.7 Å². The average molecular weight is 460 g/mol. The van der Waals surface area contributed by atoms with Crippen molar-refractivity contribution < 1.29 is 16.8 Å². The van der Waals surface area contributed by atoms with Crippen LogP contribution in [-0.2, 0) is 20.0 Å². The predicted molar refractivity (Wildman–Crippen MR) is 120 cm³/mol. The molecule has 1 aliphatic rings. The summed E-state index contributed by atoms with van der Waals surface area (Å²) in [4.78, 5) is 4.76. The maximum atomic E-state index is 13.4. The fourth-order valence-corrected chi connectivity index (χ4v) is 6.94. The normalized spacial score (nSPS) is 16.6. The number of pyridine rings is 1. The minimum Gasteiger partial charge on any atom is -0.256 e. The summed E-state index contributed by atoms with van der Waals surface area (Å²) in [7, 11) is -7.45. The third-order valence-electron chi connectivity index (χ3n) is 5.86. The largest absolute Gasteiger partial charge is 0.256 e. The van der Waals surface area contributed by atoms with Gasteiger partial charge in [0.05, 0.1) is 15.3 Å². The predicted octanol–water partition coefficient (Wildman–Crippen LogP) is 2.86. The molecule has 7 nitrogen and oxygen atoms in total. The zero-order valence-electron chi connectivity index (χ0n) is 17.7. The highest BCUT2D eigenvalue weighted by Crippen LogP contribution is 2.28. The summed E-state index contributed by atoms with van der Waals surface area (Å²) in [6.07, 6.45) is 1.64. The Balaban J connectivity index is 1.59. The fourth-order valence-electron chi connectivity index (χ4n) is 3.83. The minimum absolute atomic E-state index is 0.0992. The molecule has 9 heteroatoms. The van der Waals surface area contributed by atoms with Crippen LogP contribution in [0.1, 0.15) is 16.7 Å². The minimum atomic E-state index is -3.78. The van der Waals surface area contributed by atoms with Gasteiger partial charge in [-0.2, -0.15) is 8.61 Å². The van der Waals surface area contributed by atoms with Crippen molar-refractivity contribution in [1.82, 2.24) is 13.6 Å². The Bertz CT molecular complexity index is 1360. The van der Waals surface area contributed by atoms with Gasteiger partial charge >= 0.3 is 0 Å². The van der Waals surface area contributed by atoms with E-state index in [1.54, 1.807) is 48.7 Å². The molecule has 2 aromatic carbocycles. The molecule has 0 spiro atoms. The number of aromatic nitrogens is 1. The number of rotatable bonds is 4. The molecule has 0 unspecified atom stereocenters. The summed E-state index contributed by atoms with van der Waals surface area (Å²) in [5.41, 5.74) is 3.48. The molecule has 2 heterocycles. The van der Waals surface area contributed by atoms with Gasteiger partial charge in [0.2, 0.25) is 20.0 Å².